The average molecular weight is 319 g/mol. The molecule has 0 atom stereocenters. The van der Waals surface area contributed by atoms with Gasteiger partial charge in [-0.2, -0.15) is 0 Å². The summed E-state index contributed by atoms with van der Waals surface area (Å²) < 4.78 is 13.0. The fraction of sp³-hybridized carbons (Fsp3) is 0.375. The van der Waals surface area contributed by atoms with E-state index in [1.807, 2.05) is 17.2 Å². The van der Waals surface area contributed by atoms with Crippen molar-refractivity contribution in [3.8, 4) is 0 Å². The summed E-state index contributed by atoms with van der Waals surface area (Å²) in [6.07, 6.45) is 0.376. The van der Waals surface area contributed by atoms with Crippen LogP contribution < -0.4 is 4.90 Å². The topological polar surface area (TPSA) is 36.4 Å². The van der Waals surface area contributed by atoms with Gasteiger partial charge in [-0.25, -0.2) is 9.37 Å². The van der Waals surface area contributed by atoms with E-state index < -0.39 is 0 Å². The number of anilines is 1. The lowest BCUT2D eigenvalue weighted by molar-refractivity contribution is -0.130. The van der Waals surface area contributed by atoms with E-state index in [2.05, 4.69) is 9.88 Å². The molecule has 2 heterocycles. The zero-order valence-electron chi connectivity index (χ0n) is 12.5. The van der Waals surface area contributed by atoms with Crippen LogP contribution >= 0.6 is 11.3 Å². The number of carbonyl (C=O) groups is 1. The quantitative estimate of drug-likeness (QED) is 0.872. The molecule has 1 saturated heterocycles. The molecule has 116 valence electrons. The number of aryl methyl sites for hydroxylation is 1. The zero-order valence-corrected chi connectivity index (χ0v) is 13.3. The number of aromatic nitrogens is 1. The molecule has 1 fully saturated rings. The van der Waals surface area contributed by atoms with Gasteiger partial charge in [-0.05, 0) is 31.2 Å². The highest BCUT2D eigenvalue weighted by atomic mass is 32.1. The fourth-order valence-corrected chi connectivity index (χ4v) is 3.23. The van der Waals surface area contributed by atoms with Crippen LogP contribution in [0.3, 0.4) is 0 Å². The van der Waals surface area contributed by atoms with Gasteiger partial charge in [-0.3, -0.25) is 4.79 Å². The first kappa shape index (κ1) is 15.0. The molecular formula is C16H18FN3OS. The molecule has 1 aromatic carbocycles. The molecule has 1 aliphatic rings. The van der Waals surface area contributed by atoms with Crippen molar-refractivity contribution in [2.45, 2.75) is 13.3 Å². The molecule has 1 aliphatic heterocycles. The summed E-state index contributed by atoms with van der Waals surface area (Å²) in [4.78, 5) is 20.7. The van der Waals surface area contributed by atoms with Gasteiger partial charge in [0.15, 0.2) is 0 Å². The van der Waals surface area contributed by atoms with Crippen LogP contribution in [0.1, 0.15) is 10.7 Å². The van der Waals surface area contributed by atoms with Crippen molar-refractivity contribution in [2.24, 2.45) is 0 Å². The molecule has 22 heavy (non-hydrogen) atoms. The van der Waals surface area contributed by atoms with Crippen LogP contribution in [-0.2, 0) is 11.2 Å². The van der Waals surface area contributed by atoms with Gasteiger partial charge in [0.05, 0.1) is 17.1 Å². The number of carbonyl (C=O) groups excluding carboxylic acids is 1. The Morgan fingerprint density at radius 1 is 1.23 bits per heavy atom. The first-order valence-corrected chi connectivity index (χ1v) is 8.19. The first-order chi connectivity index (χ1) is 10.6. The van der Waals surface area contributed by atoms with Gasteiger partial charge in [-0.1, -0.05) is 0 Å². The number of hydrogen-bond acceptors (Lipinski definition) is 4. The molecule has 4 nitrogen and oxygen atoms in total. The average Bonchev–Trinajstić information content (AvgIpc) is 2.93. The summed E-state index contributed by atoms with van der Waals surface area (Å²) >= 11 is 1.57. The Labute approximate surface area is 133 Å². The van der Waals surface area contributed by atoms with E-state index in [0.29, 0.717) is 19.5 Å². The standard InChI is InChI=1S/C16H18FN3OS/c1-12-18-14(11-22-12)10-16(21)20-8-6-19(7-9-20)15-4-2-13(17)3-5-15/h2-5,11H,6-10H2,1H3. The number of benzene rings is 1. The maximum absolute atomic E-state index is 13.0. The minimum absolute atomic E-state index is 0.129. The van der Waals surface area contributed by atoms with Crippen LogP contribution in [0.4, 0.5) is 10.1 Å². The van der Waals surface area contributed by atoms with Crippen LogP contribution in [0.5, 0.6) is 0 Å². The predicted octanol–water partition coefficient (Wildman–Crippen LogP) is 2.48. The van der Waals surface area contributed by atoms with E-state index in [-0.39, 0.29) is 11.7 Å². The second-order valence-electron chi connectivity index (χ2n) is 5.38. The summed E-state index contributed by atoms with van der Waals surface area (Å²) in [7, 11) is 0. The van der Waals surface area contributed by atoms with Gasteiger partial charge in [-0.15, -0.1) is 11.3 Å². The second-order valence-corrected chi connectivity index (χ2v) is 6.44. The van der Waals surface area contributed by atoms with E-state index in [1.165, 1.54) is 12.1 Å². The molecule has 0 radical (unpaired) electrons. The van der Waals surface area contributed by atoms with Crippen LogP contribution in [0.15, 0.2) is 29.6 Å². The molecule has 1 aromatic heterocycles. The summed E-state index contributed by atoms with van der Waals surface area (Å²) in [5.74, 6) is -0.0971. The lowest BCUT2D eigenvalue weighted by Gasteiger charge is -2.36. The SMILES string of the molecule is Cc1nc(CC(=O)N2CCN(c3ccc(F)cc3)CC2)cs1. The van der Waals surface area contributed by atoms with Crippen molar-refractivity contribution >= 4 is 22.9 Å². The number of thiazole rings is 1. The maximum Gasteiger partial charge on any atom is 0.228 e. The minimum Gasteiger partial charge on any atom is -0.368 e. The number of rotatable bonds is 3. The Hall–Kier alpha value is -1.95. The molecule has 0 spiro atoms. The molecule has 0 unspecified atom stereocenters. The van der Waals surface area contributed by atoms with Gasteiger partial charge >= 0.3 is 0 Å². The Bertz CT molecular complexity index is 648. The van der Waals surface area contributed by atoms with E-state index in [1.54, 1.807) is 23.5 Å². The number of piperazine rings is 1. The van der Waals surface area contributed by atoms with Crippen molar-refractivity contribution in [1.82, 2.24) is 9.88 Å². The maximum atomic E-state index is 13.0. The van der Waals surface area contributed by atoms with E-state index >= 15 is 0 Å². The Morgan fingerprint density at radius 3 is 2.50 bits per heavy atom. The molecule has 1 amide bonds. The minimum atomic E-state index is -0.226. The smallest absolute Gasteiger partial charge is 0.228 e. The van der Waals surface area contributed by atoms with Gasteiger partial charge in [0, 0.05) is 37.2 Å². The third-order valence-corrected chi connectivity index (χ3v) is 4.65. The van der Waals surface area contributed by atoms with Gasteiger partial charge in [0.2, 0.25) is 5.91 Å². The molecule has 0 aliphatic carbocycles. The number of hydrogen-bond donors (Lipinski definition) is 0. The van der Waals surface area contributed by atoms with Gasteiger partial charge < -0.3 is 9.80 Å². The van der Waals surface area contributed by atoms with Crippen molar-refractivity contribution in [3.05, 3.63) is 46.2 Å². The summed E-state index contributed by atoms with van der Waals surface area (Å²) in [6, 6.07) is 6.50. The van der Waals surface area contributed by atoms with E-state index in [0.717, 1.165) is 29.5 Å². The highest BCUT2D eigenvalue weighted by Crippen LogP contribution is 2.17. The fourth-order valence-electron chi connectivity index (χ4n) is 2.62. The van der Waals surface area contributed by atoms with Crippen molar-refractivity contribution in [1.29, 1.82) is 0 Å². The van der Waals surface area contributed by atoms with Crippen LogP contribution in [0, 0.1) is 12.7 Å². The third-order valence-electron chi connectivity index (χ3n) is 3.82. The lowest BCUT2D eigenvalue weighted by atomic mass is 10.2. The largest absolute Gasteiger partial charge is 0.368 e. The van der Waals surface area contributed by atoms with Crippen LogP contribution in [-0.4, -0.2) is 42.0 Å². The number of nitrogens with zero attached hydrogens (tertiary/aromatic N) is 3. The summed E-state index contributed by atoms with van der Waals surface area (Å²) in [6.45, 7) is 4.87. The second kappa shape index (κ2) is 6.44. The summed E-state index contributed by atoms with van der Waals surface area (Å²) in [5, 5.41) is 2.94. The van der Waals surface area contributed by atoms with Crippen molar-refractivity contribution in [2.75, 3.05) is 31.1 Å². The molecule has 3 rings (SSSR count). The third kappa shape index (κ3) is 3.44. The molecular weight excluding hydrogens is 301 g/mol. The highest BCUT2D eigenvalue weighted by molar-refractivity contribution is 7.09. The Kier molecular flexibility index (Phi) is 4.38. The van der Waals surface area contributed by atoms with Crippen LogP contribution in [0.25, 0.3) is 0 Å². The number of halogens is 1. The predicted molar refractivity (Wildman–Crippen MR) is 85.7 cm³/mol. The van der Waals surface area contributed by atoms with Crippen molar-refractivity contribution < 1.29 is 9.18 Å². The Balaban J connectivity index is 1.54. The zero-order chi connectivity index (χ0) is 15.5. The van der Waals surface area contributed by atoms with E-state index in [4.69, 9.17) is 0 Å². The number of amides is 1. The van der Waals surface area contributed by atoms with Crippen molar-refractivity contribution in [3.63, 3.8) is 0 Å². The molecule has 0 N–H and O–H groups in total. The summed E-state index contributed by atoms with van der Waals surface area (Å²) in [5.41, 5.74) is 1.86. The molecule has 0 bridgehead atoms. The molecule has 2 aromatic rings. The lowest BCUT2D eigenvalue weighted by Crippen LogP contribution is -2.49. The normalized spacial score (nSPS) is 15.2. The molecule has 0 saturated carbocycles. The van der Waals surface area contributed by atoms with Crippen LogP contribution in [0.2, 0.25) is 0 Å². The highest BCUT2D eigenvalue weighted by Gasteiger charge is 2.21. The first-order valence-electron chi connectivity index (χ1n) is 7.31. The monoisotopic (exact) mass is 319 g/mol. The van der Waals surface area contributed by atoms with Gasteiger partial charge in [0.25, 0.3) is 0 Å². The molecule has 6 heteroatoms. The van der Waals surface area contributed by atoms with E-state index in [9.17, 15) is 9.18 Å². The van der Waals surface area contributed by atoms with Gasteiger partial charge in [0.1, 0.15) is 5.82 Å². The Morgan fingerprint density at radius 2 is 1.91 bits per heavy atom.